The van der Waals surface area contributed by atoms with Crippen LogP contribution in [0.3, 0.4) is 0 Å². The molecule has 0 saturated carbocycles. The van der Waals surface area contributed by atoms with Gasteiger partial charge in [-0.05, 0) is 67.3 Å². The molecule has 31 heavy (non-hydrogen) atoms. The first-order valence-corrected chi connectivity index (χ1v) is 10.9. The van der Waals surface area contributed by atoms with E-state index in [0.717, 1.165) is 47.5 Å². The molecular formula is C21H30BrN5O4. The lowest BCUT2D eigenvalue weighted by molar-refractivity contribution is -0.140. The van der Waals surface area contributed by atoms with Gasteiger partial charge in [0.15, 0.2) is 5.82 Å². The molecule has 0 atom stereocenters. The zero-order valence-corrected chi connectivity index (χ0v) is 20.1. The largest absolute Gasteiger partial charge is 0.489 e. The molecule has 0 amide bonds. The number of carbonyl (C=O) groups is 1. The molecule has 2 aromatic heterocycles. The number of hydrogen-bond acceptors (Lipinski definition) is 8. The Bertz CT molecular complexity index is 865. The van der Waals surface area contributed by atoms with Crippen molar-refractivity contribution in [3.63, 3.8) is 0 Å². The summed E-state index contributed by atoms with van der Waals surface area (Å²) in [4.78, 5) is 22.7. The Morgan fingerprint density at radius 2 is 1.94 bits per heavy atom. The van der Waals surface area contributed by atoms with Gasteiger partial charge < -0.3 is 25.2 Å². The van der Waals surface area contributed by atoms with Crippen LogP contribution in [0.15, 0.2) is 17.0 Å². The maximum absolute atomic E-state index is 9.70. The number of aliphatic carboxylic acids is 1. The summed E-state index contributed by atoms with van der Waals surface area (Å²) in [5, 5.41) is 14.6. The number of nitrogens with zero attached hydrogens (tertiary/aromatic N) is 3. The molecule has 170 valence electrons. The fourth-order valence-corrected chi connectivity index (χ4v) is 3.49. The van der Waals surface area contributed by atoms with Gasteiger partial charge in [0.05, 0.1) is 24.4 Å². The number of nitrogens with one attached hydrogen (secondary N) is 2. The van der Waals surface area contributed by atoms with E-state index in [1.807, 2.05) is 19.9 Å². The third kappa shape index (κ3) is 7.32. The van der Waals surface area contributed by atoms with Gasteiger partial charge in [-0.25, -0.2) is 9.97 Å². The highest BCUT2D eigenvalue weighted by Gasteiger charge is 2.21. The Morgan fingerprint density at radius 3 is 2.48 bits per heavy atom. The molecule has 0 radical (unpaired) electrons. The minimum atomic E-state index is -0.741. The first-order chi connectivity index (χ1) is 14.7. The van der Waals surface area contributed by atoms with Crippen molar-refractivity contribution in [3.8, 4) is 11.6 Å². The predicted molar refractivity (Wildman–Crippen MR) is 122 cm³/mol. The van der Waals surface area contributed by atoms with Crippen LogP contribution in [0, 0.1) is 19.8 Å². The summed E-state index contributed by atoms with van der Waals surface area (Å²) in [6.07, 6.45) is 3.52. The number of rotatable bonds is 6. The Kier molecular flexibility index (Phi) is 9.44. The summed E-state index contributed by atoms with van der Waals surface area (Å²) in [7, 11) is 1.60. The second-order valence-electron chi connectivity index (χ2n) is 7.47. The average molecular weight is 496 g/mol. The molecule has 0 spiro atoms. The fraction of sp³-hybridized carbons (Fsp3) is 0.524. The molecule has 0 aliphatic carbocycles. The molecule has 9 nitrogen and oxygen atoms in total. The first kappa shape index (κ1) is 24.8. The molecule has 1 fully saturated rings. The number of piperidine rings is 1. The molecule has 10 heteroatoms. The van der Waals surface area contributed by atoms with Gasteiger partial charge in [0.25, 0.3) is 5.88 Å². The molecule has 0 bridgehead atoms. The highest BCUT2D eigenvalue weighted by atomic mass is 79.9. The van der Waals surface area contributed by atoms with Crippen molar-refractivity contribution < 1.29 is 19.4 Å². The fourth-order valence-electron chi connectivity index (χ4n) is 2.88. The summed E-state index contributed by atoms with van der Waals surface area (Å²) in [6, 6.07) is 1.95. The molecule has 3 rings (SSSR count). The number of ether oxygens (including phenoxy) is 2. The predicted octanol–water partition coefficient (Wildman–Crippen LogP) is 3.86. The number of aromatic nitrogens is 3. The summed E-state index contributed by atoms with van der Waals surface area (Å²) < 4.78 is 12.4. The van der Waals surface area contributed by atoms with Crippen LogP contribution in [0.5, 0.6) is 11.6 Å². The number of aryl methyl sites for hydroxylation is 2. The quantitative estimate of drug-likeness (QED) is 0.513. The van der Waals surface area contributed by atoms with Crippen LogP contribution in [0.25, 0.3) is 0 Å². The van der Waals surface area contributed by atoms with Crippen molar-refractivity contribution in [1.29, 1.82) is 0 Å². The van der Waals surface area contributed by atoms with Gasteiger partial charge in [-0.1, -0.05) is 13.8 Å². The van der Waals surface area contributed by atoms with Crippen LogP contribution in [0.1, 0.15) is 37.9 Å². The number of pyridine rings is 1. The summed E-state index contributed by atoms with van der Waals surface area (Å²) >= 11 is 3.41. The van der Waals surface area contributed by atoms with Gasteiger partial charge in [-0.3, -0.25) is 4.79 Å². The second-order valence-corrected chi connectivity index (χ2v) is 8.28. The Morgan fingerprint density at radius 1 is 1.29 bits per heavy atom. The van der Waals surface area contributed by atoms with E-state index >= 15 is 0 Å². The zero-order chi connectivity index (χ0) is 23.0. The SMILES string of the molecule is CC(C)C(=O)O.COc1c(Nc2c(C)cc(Br)nc2C)ncnc1OC1CCNCC1. The Balaban J connectivity index is 0.000000501. The van der Waals surface area contributed by atoms with Gasteiger partial charge in [0.2, 0.25) is 5.75 Å². The maximum atomic E-state index is 9.70. The van der Waals surface area contributed by atoms with Gasteiger partial charge in [0.1, 0.15) is 17.0 Å². The number of carboxylic acids is 1. The monoisotopic (exact) mass is 495 g/mol. The van der Waals surface area contributed by atoms with E-state index in [-0.39, 0.29) is 12.0 Å². The summed E-state index contributed by atoms with van der Waals surface area (Å²) in [5.41, 5.74) is 2.82. The van der Waals surface area contributed by atoms with Crippen molar-refractivity contribution in [2.24, 2.45) is 5.92 Å². The lowest BCUT2D eigenvalue weighted by Crippen LogP contribution is -2.34. The van der Waals surface area contributed by atoms with Gasteiger partial charge in [0, 0.05) is 0 Å². The number of carboxylic acid groups (broad SMARTS) is 1. The van der Waals surface area contributed by atoms with Gasteiger partial charge in [-0.2, -0.15) is 4.98 Å². The minimum Gasteiger partial charge on any atom is -0.489 e. The molecule has 3 N–H and O–H groups in total. The Labute approximate surface area is 191 Å². The molecule has 2 aromatic rings. The van der Waals surface area contributed by atoms with Crippen LogP contribution in [-0.4, -0.2) is 52.3 Å². The number of halogens is 1. The number of hydrogen-bond donors (Lipinski definition) is 3. The van der Waals surface area contributed by atoms with Crippen molar-refractivity contribution >= 4 is 33.4 Å². The van der Waals surface area contributed by atoms with Crippen LogP contribution >= 0.6 is 15.9 Å². The second kappa shape index (κ2) is 11.8. The highest BCUT2D eigenvalue weighted by Crippen LogP contribution is 2.35. The van der Waals surface area contributed by atoms with Crippen LogP contribution in [-0.2, 0) is 4.79 Å². The van der Waals surface area contributed by atoms with E-state index < -0.39 is 5.97 Å². The maximum Gasteiger partial charge on any atom is 0.305 e. The molecule has 1 saturated heterocycles. The zero-order valence-electron chi connectivity index (χ0n) is 18.5. The van der Waals surface area contributed by atoms with E-state index in [9.17, 15) is 4.79 Å². The van der Waals surface area contributed by atoms with Gasteiger partial charge >= 0.3 is 5.97 Å². The van der Waals surface area contributed by atoms with Crippen molar-refractivity contribution in [1.82, 2.24) is 20.3 Å². The average Bonchev–Trinajstić information content (AvgIpc) is 2.72. The van der Waals surface area contributed by atoms with Crippen LogP contribution in [0.4, 0.5) is 11.5 Å². The topological polar surface area (TPSA) is 118 Å². The number of methoxy groups -OCH3 is 1. The minimum absolute atomic E-state index is 0.135. The molecule has 0 aromatic carbocycles. The smallest absolute Gasteiger partial charge is 0.305 e. The van der Waals surface area contributed by atoms with E-state index in [1.54, 1.807) is 21.0 Å². The Hall–Kier alpha value is -2.46. The third-order valence-electron chi connectivity index (χ3n) is 4.64. The van der Waals surface area contributed by atoms with Crippen molar-refractivity contribution in [3.05, 3.63) is 28.3 Å². The summed E-state index contributed by atoms with van der Waals surface area (Å²) in [6.45, 7) is 9.14. The normalized spacial score (nSPS) is 13.9. The molecule has 0 unspecified atom stereocenters. The standard InChI is InChI=1S/C17H22BrN5O2.C4H8O2/c1-10-8-13(18)22-11(2)14(10)23-16-15(24-3)17(21-9-20-16)25-12-4-6-19-7-5-12;1-3(2)4(5)6/h8-9,12,19H,4-7H2,1-3H3,(H,20,21,23);3H,1-2H3,(H,5,6). The molecule has 3 heterocycles. The first-order valence-electron chi connectivity index (χ1n) is 10.1. The van der Waals surface area contributed by atoms with E-state index in [2.05, 4.69) is 41.5 Å². The molecule has 1 aliphatic heterocycles. The third-order valence-corrected chi connectivity index (χ3v) is 5.05. The lowest BCUT2D eigenvalue weighted by atomic mass is 10.1. The molecule has 1 aliphatic rings. The highest BCUT2D eigenvalue weighted by molar-refractivity contribution is 9.10. The van der Waals surface area contributed by atoms with Crippen molar-refractivity contribution in [2.45, 2.75) is 46.6 Å². The van der Waals surface area contributed by atoms with Crippen LogP contribution in [0.2, 0.25) is 0 Å². The van der Waals surface area contributed by atoms with E-state index in [1.165, 1.54) is 6.33 Å². The van der Waals surface area contributed by atoms with E-state index in [0.29, 0.717) is 17.4 Å². The van der Waals surface area contributed by atoms with Crippen LogP contribution < -0.4 is 20.1 Å². The lowest BCUT2D eigenvalue weighted by Gasteiger charge is -2.24. The van der Waals surface area contributed by atoms with Gasteiger partial charge in [-0.15, -0.1) is 0 Å². The van der Waals surface area contributed by atoms with E-state index in [4.69, 9.17) is 14.6 Å². The molecular weight excluding hydrogens is 466 g/mol. The van der Waals surface area contributed by atoms with Crippen molar-refractivity contribution in [2.75, 3.05) is 25.5 Å². The summed E-state index contributed by atoms with van der Waals surface area (Å²) in [5.74, 6) is 0.562. The number of anilines is 2.